The zero-order valence-corrected chi connectivity index (χ0v) is 5.72. The Balaban J connectivity index is 1.86. The van der Waals surface area contributed by atoms with Gasteiger partial charge in [0, 0.05) is 0 Å². The van der Waals surface area contributed by atoms with Gasteiger partial charge < -0.3 is 0 Å². The first-order valence-electron chi connectivity index (χ1n) is 3.79. The zero-order chi connectivity index (χ0) is 5.72. The van der Waals surface area contributed by atoms with Gasteiger partial charge in [0.25, 0.3) is 0 Å². The van der Waals surface area contributed by atoms with Crippen LogP contribution in [-0.2, 0) is 0 Å². The minimum absolute atomic E-state index is 1.09. The van der Waals surface area contributed by atoms with Crippen molar-refractivity contribution in [3.8, 4) is 0 Å². The third-order valence-electron chi connectivity index (χ3n) is 2.89. The fourth-order valence-corrected chi connectivity index (χ4v) is 1.90. The average Bonchev–Trinajstić information content (AvgIpc) is 2.47. The molecule has 2 fully saturated rings. The second-order valence-corrected chi connectivity index (χ2v) is 3.75. The maximum Gasteiger partial charge on any atom is -0.0355 e. The molecule has 0 radical (unpaired) electrons. The van der Waals surface area contributed by atoms with Crippen molar-refractivity contribution in [2.75, 3.05) is 0 Å². The molecule has 2 aliphatic carbocycles. The lowest BCUT2D eigenvalue weighted by atomic mass is 10.2. The highest BCUT2D eigenvalue weighted by Gasteiger charge is 2.49. The Kier molecular flexibility index (Phi) is 0.778. The lowest BCUT2D eigenvalue weighted by Gasteiger charge is -1.87. The summed E-state index contributed by atoms with van der Waals surface area (Å²) in [6.07, 6.45) is 3.07. The molecule has 0 amide bonds. The van der Waals surface area contributed by atoms with Crippen LogP contribution in [0, 0.1) is 23.7 Å². The second-order valence-electron chi connectivity index (χ2n) is 3.75. The summed E-state index contributed by atoms with van der Waals surface area (Å²) >= 11 is 0. The normalized spacial score (nSPS) is 60.8. The number of hydrogen-bond donors (Lipinski definition) is 0. The van der Waals surface area contributed by atoms with Crippen LogP contribution in [0.5, 0.6) is 0 Å². The van der Waals surface area contributed by atoms with E-state index in [1.54, 1.807) is 0 Å². The quantitative estimate of drug-likeness (QED) is 0.486. The highest BCUT2D eigenvalue weighted by Crippen LogP contribution is 2.57. The van der Waals surface area contributed by atoms with Crippen molar-refractivity contribution < 1.29 is 0 Å². The van der Waals surface area contributed by atoms with Gasteiger partial charge in [0.2, 0.25) is 0 Å². The summed E-state index contributed by atoms with van der Waals surface area (Å²) in [5.74, 6) is 4.49. The van der Waals surface area contributed by atoms with E-state index in [1.807, 2.05) is 0 Å². The summed E-state index contributed by atoms with van der Waals surface area (Å²) in [5, 5.41) is 0. The molecular formula is C8H14. The molecule has 0 spiro atoms. The van der Waals surface area contributed by atoms with E-state index >= 15 is 0 Å². The molecule has 0 N–H and O–H groups in total. The van der Waals surface area contributed by atoms with Crippen molar-refractivity contribution in [2.24, 2.45) is 23.7 Å². The van der Waals surface area contributed by atoms with E-state index in [0.29, 0.717) is 0 Å². The highest BCUT2D eigenvalue weighted by atomic mass is 14.5. The summed E-state index contributed by atoms with van der Waals surface area (Å²) in [7, 11) is 0. The van der Waals surface area contributed by atoms with E-state index in [-0.39, 0.29) is 0 Å². The van der Waals surface area contributed by atoms with Crippen molar-refractivity contribution in [2.45, 2.75) is 26.7 Å². The van der Waals surface area contributed by atoms with Crippen LogP contribution in [-0.4, -0.2) is 0 Å². The van der Waals surface area contributed by atoms with Gasteiger partial charge in [-0.3, -0.25) is 0 Å². The van der Waals surface area contributed by atoms with Gasteiger partial charge in [0.15, 0.2) is 0 Å². The van der Waals surface area contributed by atoms with Gasteiger partial charge in [0.1, 0.15) is 0 Å². The first-order chi connectivity index (χ1) is 3.79. The Morgan fingerprint density at radius 2 is 1.12 bits per heavy atom. The lowest BCUT2D eigenvalue weighted by molar-refractivity contribution is 0.614. The maximum atomic E-state index is 2.38. The summed E-state index contributed by atoms with van der Waals surface area (Å²) in [4.78, 5) is 0. The molecule has 1 unspecified atom stereocenters. The monoisotopic (exact) mass is 110 g/mol. The summed E-state index contributed by atoms with van der Waals surface area (Å²) < 4.78 is 0. The third-order valence-corrected chi connectivity index (χ3v) is 2.89. The summed E-state index contributed by atoms with van der Waals surface area (Å²) in [6, 6.07) is 0. The van der Waals surface area contributed by atoms with Gasteiger partial charge in [0.05, 0.1) is 0 Å². The smallest absolute Gasteiger partial charge is 0.0355 e. The Bertz CT molecular complexity index is 92.6. The molecule has 0 aliphatic heterocycles. The van der Waals surface area contributed by atoms with Gasteiger partial charge >= 0.3 is 0 Å². The maximum absolute atomic E-state index is 2.38. The molecule has 0 nitrogen and oxygen atoms in total. The molecule has 0 heterocycles. The topological polar surface area (TPSA) is 0 Å². The van der Waals surface area contributed by atoms with Crippen molar-refractivity contribution >= 4 is 0 Å². The second kappa shape index (κ2) is 1.29. The molecule has 0 bridgehead atoms. The molecule has 0 saturated heterocycles. The summed E-state index contributed by atoms with van der Waals surface area (Å²) in [6.45, 7) is 4.77. The first-order valence-corrected chi connectivity index (χ1v) is 3.79. The van der Waals surface area contributed by atoms with Crippen LogP contribution < -0.4 is 0 Å². The fourth-order valence-electron chi connectivity index (χ4n) is 1.90. The van der Waals surface area contributed by atoms with Crippen LogP contribution in [0.3, 0.4) is 0 Å². The van der Waals surface area contributed by atoms with E-state index in [1.165, 1.54) is 12.8 Å². The molecular weight excluding hydrogens is 96.1 g/mol. The zero-order valence-electron chi connectivity index (χ0n) is 5.72. The van der Waals surface area contributed by atoms with Crippen LogP contribution in [0.25, 0.3) is 0 Å². The molecule has 46 valence electrons. The molecule has 0 aromatic heterocycles. The first kappa shape index (κ1) is 4.84. The van der Waals surface area contributed by atoms with Crippen LogP contribution >= 0.6 is 0 Å². The molecule has 2 rings (SSSR count). The SMILES string of the molecule is C[C@H]1CC1[C@@H]1C[C@@H]1C. The molecule has 2 saturated carbocycles. The molecule has 0 heteroatoms. The molecule has 0 aromatic carbocycles. The number of hydrogen-bond acceptors (Lipinski definition) is 0. The van der Waals surface area contributed by atoms with Gasteiger partial charge in [-0.1, -0.05) is 13.8 Å². The third kappa shape index (κ3) is 0.586. The van der Waals surface area contributed by atoms with Crippen LogP contribution in [0.1, 0.15) is 26.7 Å². The van der Waals surface area contributed by atoms with E-state index in [4.69, 9.17) is 0 Å². The van der Waals surface area contributed by atoms with Gasteiger partial charge in [-0.25, -0.2) is 0 Å². The minimum Gasteiger partial charge on any atom is -0.0622 e. The summed E-state index contributed by atoms with van der Waals surface area (Å²) in [5.41, 5.74) is 0. The van der Waals surface area contributed by atoms with E-state index in [9.17, 15) is 0 Å². The lowest BCUT2D eigenvalue weighted by Crippen LogP contribution is -1.81. The van der Waals surface area contributed by atoms with Crippen LogP contribution in [0.4, 0.5) is 0 Å². The van der Waals surface area contributed by atoms with Crippen molar-refractivity contribution in [1.29, 1.82) is 0 Å². The van der Waals surface area contributed by atoms with Crippen molar-refractivity contribution in [1.82, 2.24) is 0 Å². The van der Waals surface area contributed by atoms with Crippen molar-refractivity contribution in [3.05, 3.63) is 0 Å². The molecule has 8 heavy (non-hydrogen) atoms. The fraction of sp³-hybridized carbons (Fsp3) is 1.00. The Hall–Kier alpha value is 0. The van der Waals surface area contributed by atoms with Crippen molar-refractivity contribution in [3.63, 3.8) is 0 Å². The Morgan fingerprint density at radius 1 is 0.875 bits per heavy atom. The van der Waals surface area contributed by atoms with Gasteiger partial charge in [-0.2, -0.15) is 0 Å². The van der Waals surface area contributed by atoms with E-state index in [0.717, 1.165) is 23.7 Å². The van der Waals surface area contributed by atoms with E-state index < -0.39 is 0 Å². The number of rotatable bonds is 1. The van der Waals surface area contributed by atoms with E-state index in [2.05, 4.69) is 13.8 Å². The largest absolute Gasteiger partial charge is 0.0622 e. The molecule has 0 aromatic rings. The molecule has 2 aliphatic rings. The van der Waals surface area contributed by atoms with Gasteiger partial charge in [-0.05, 0) is 36.5 Å². The predicted molar refractivity (Wildman–Crippen MR) is 34.5 cm³/mol. The minimum atomic E-state index is 1.09. The van der Waals surface area contributed by atoms with Crippen LogP contribution in [0.15, 0.2) is 0 Å². The highest BCUT2D eigenvalue weighted by molar-refractivity contribution is 4.98. The molecule has 4 atom stereocenters. The standard InChI is InChI=1S/C8H14/c1-5-3-7(5)8-4-6(8)2/h5-8H,3-4H2,1-2H3/t5-,6-,7+,8?/m0/s1. The van der Waals surface area contributed by atoms with Gasteiger partial charge in [-0.15, -0.1) is 0 Å². The Labute approximate surface area is 51.3 Å². The average molecular weight is 110 g/mol. The van der Waals surface area contributed by atoms with Crippen LogP contribution in [0.2, 0.25) is 0 Å². The predicted octanol–water partition coefficient (Wildman–Crippen LogP) is 2.30. The Morgan fingerprint density at radius 3 is 1.25 bits per heavy atom.